The first kappa shape index (κ1) is 14.0. The molecule has 0 saturated carbocycles. The zero-order chi connectivity index (χ0) is 12.0. The zero-order valence-corrected chi connectivity index (χ0v) is 11.9. The highest BCUT2D eigenvalue weighted by atomic mass is 79.9. The summed E-state index contributed by atoms with van der Waals surface area (Å²) in [4.78, 5) is 0. The minimum Gasteiger partial charge on any atom is -0.385 e. The first-order chi connectivity index (χ1) is 7.63. The molecule has 1 N–H and O–H groups in total. The van der Waals surface area contributed by atoms with E-state index in [0.717, 1.165) is 29.1 Å². The van der Waals surface area contributed by atoms with Gasteiger partial charge in [-0.1, -0.05) is 17.7 Å². The van der Waals surface area contributed by atoms with Crippen molar-refractivity contribution in [2.45, 2.75) is 25.9 Å². The van der Waals surface area contributed by atoms with Crippen LogP contribution in [-0.4, -0.2) is 19.8 Å². The van der Waals surface area contributed by atoms with E-state index in [1.54, 1.807) is 7.11 Å². The second-order valence-electron chi connectivity index (χ2n) is 3.81. The van der Waals surface area contributed by atoms with Gasteiger partial charge in [-0.15, -0.1) is 0 Å². The van der Waals surface area contributed by atoms with E-state index in [4.69, 9.17) is 16.3 Å². The highest BCUT2D eigenvalue weighted by Gasteiger charge is 2.02. The quantitative estimate of drug-likeness (QED) is 0.867. The smallest absolute Gasteiger partial charge is 0.0551 e. The van der Waals surface area contributed by atoms with Gasteiger partial charge in [0.05, 0.1) is 5.02 Å². The molecule has 0 radical (unpaired) electrons. The van der Waals surface area contributed by atoms with E-state index in [-0.39, 0.29) is 0 Å². The van der Waals surface area contributed by atoms with Crippen LogP contribution in [0.2, 0.25) is 5.02 Å². The van der Waals surface area contributed by atoms with Crippen molar-refractivity contribution in [3.63, 3.8) is 0 Å². The Bertz CT molecular complexity index is 333. The van der Waals surface area contributed by atoms with Crippen molar-refractivity contribution in [3.05, 3.63) is 33.3 Å². The number of nitrogens with one attached hydrogen (secondary N) is 1. The fourth-order valence-electron chi connectivity index (χ4n) is 1.34. The molecular formula is C12H17BrClNO. The summed E-state index contributed by atoms with van der Waals surface area (Å²) in [5, 5.41) is 4.18. The molecule has 1 unspecified atom stereocenters. The lowest BCUT2D eigenvalue weighted by Crippen LogP contribution is -2.26. The van der Waals surface area contributed by atoms with Crippen LogP contribution in [0, 0.1) is 0 Å². The molecule has 1 aromatic rings. The van der Waals surface area contributed by atoms with E-state index in [2.05, 4.69) is 34.2 Å². The van der Waals surface area contributed by atoms with Crippen LogP contribution in [0.25, 0.3) is 0 Å². The van der Waals surface area contributed by atoms with Gasteiger partial charge in [0.25, 0.3) is 0 Å². The third-order valence-corrected chi connectivity index (χ3v) is 3.63. The molecule has 0 fully saturated rings. The highest BCUT2D eigenvalue weighted by Crippen LogP contribution is 2.23. The van der Waals surface area contributed by atoms with Crippen LogP contribution in [0.5, 0.6) is 0 Å². The van der Waals surface area contributed by atoms with Crippen LogP contribution in [0.3, 0.4) is 0 Å². The molecule has 0 bridgehead atoms. The maximum absolute atomic E-state index is 6.02. The standard InChI is InChI=1S/C12H17BrClNO/c1-9(5-6-16-2)15-8-10-3-4-11(13)12(14)7-10/h3-4,7,9,15H,5-6,8H2,1-2H3. The SMILES string of the molecule is COCCC(C)NCc1ccc(Br)c(Cl)c1. The summed E-state index contributed by atoms with van der Waals surface area (Å²) in [6.07, 6.45) is 1.01. The van der Waals surface area contributed by atoms with Gasteiger partial charge in [-0.25, -0.2) is 0 Å². The zero-order valence-electron chi connectivity index (χ0n) is 9.59. The van der Waals surface area contributed by atoms with Crippen molar-refractivity contribution in [1.82, 2.24) is 5.32 Å². The Balaban J connectivity index is 2.39. The number of methoxy groups -OCH3 is 1. The molecular weight excluding hydrogens is 289 g/mol. The minimum absolute atomic E-state index is 0.447. The second-order valence-corrected chi connectivity index (χ2v) is 5.07. The van der Waals surface area contributed by atoms with E-state index in [0.29, 0.717) is 6.04 Å². The second kappa shape index (κ2) is 7.28. The summed E-state index contributed by atoms with van der Waals surface area (Å²) in [7, 11) is 1.72. The molecule has 0 amide bonds. The highest BCUT2D eigenvalue weighted by molar-refractivity contribution is 9.10. The molecule has 1 aromatic carbocycles. The molecule has 0 saturated heterocycles. The van der Waals surface area contributed by atoms with Gasteiger partial charge in [0.15, 0.2) is 0 Å². The summed E-state index contributed by atoms with van der Waals surface area (Å²) in [5.41, 5.74) is 1.19. The van der Waals surface area contributed by atoms with Gasteiger partial charge in [-0.05, 0) is 47.0 Å². The Morgan fingerprint density at radius 2 is 2.25 bits per heavy atom. The summed E-state index contributed by atoms with van der Waals surface area (Å²) in [6, 6.07) is 6.45. The first-order valence-corrected chi connectivity index (χ1v) is 6.47. The maximum atomic E-state index is 6.02. The molecule has 1 atom stereocenters. The summed E-state index contributed by atoms with van der Waals surface area (Å²) in [5.74, 6) is 0. The molecule has 90 valence electrons. The van der Waals surface area contributed by atoms with Crippen LogP contribution in [-0.2, 0) is 11.3 Å². The van der Waals surface area contributed by atoms with Gasteiger partial charge < -0.3 is 10.1 Å². The Morgan fingerprint density at radius 3 is 2.88 bits per heavy atom. The van der Waals surface area contributed by atoms with E-state index in [1.165, 1.54) is 5.56 Å². The van der Waals surface area contributed by atoms with Gasteiger partial charge in [-0.3, -0.25) is 0 Å². The lowest BCUT2D eigenvalue weighted by molar-refractivity contribution is 0.184. The summed E-state index contributed by atoms with van der Waals surface area (Å²) >= 11 is 9.39. The Labute approximate surface area is 110 Å². The fraction of sp³-hybridized carbons (Fsp3) is 0.500. The van der Waals surface area contributed by atoms with Crippen molar-refractivity contribution in [2.24, 2.45) is 0 Å². The van der Waals surface area contributed by atoms with E-state index in [9.17, 15) is 0 Å². The van der Waals surface area contributed by atoms with Crippen molar-refractivity contribution in [2.75, 3.05) is 13.7 Å². The molecule has 1 rings (SSSR count). The molecule has 0 aliphatic carbocycles. The van der Waals surface area contributed by atoms with E-state index in [1.807, 2.05) is 12.1 Å². The Hall–Kier alpha value is -0.0900. The van der Waals surface area contributed by atoms with Crippen LogP contribution >= 0.6 is 27.5 Å². The molecule has 0 aliphatic rings. The Kier molecular flexibility index (Phi) is 6.36. The van der Waals surface area contributed by atoms with Gasteiger partial charge >= 0.3 is 0 Å². The van der Waals surface area contributed by atoms with Crippen molar-refractivity contribution >= 4 is 27.5 Å². The predicted octanol–water partition coefficient (Wildman–Crippen LogP) is 3.62. The molecule has 0 spiro atoms. The largest absolute Gasteiger partial charge is 0.385 e. The summed E-state index contributed by atoms with van der Waals surface area (Å²) < 4.78 is 5.97. The predicted molar refractivity (Wildman–Crippen MR) is 71.9 cm³/mol. The number of hydrogen-bond donors (Lipinski definition) is 1. The van der Waals surface area contributed by atoms with Gasteiger partial charge in [-0.2, -0.15) is 0 Å². The van der Waals surface area contributed by atoms with E-state index >= 15 is 0 Å². The van der Waals surface area contributed by atoms with Crippen LogP contribution in [0.4, 0.5) is 0 Å². The normalized spacial score (nSPS) is 12.8. The lowest BCUT2D eigenvalue weighted by atomic mass is 10.2. The number of ether oxygens (including phenoxy) is 1. The molecule has 4 heteroatoms. The van der Waals surface area contributed by atoms with Crippen molar-refractivity contribution in [3.8, 4) is 0 Å². The Morgan fingerprint density at radius 1 is 1.50 bits per heavy atom. The maximum Gasteiger partial charge on any atom is 0.0551 e. The van der Waals surface area contributed by atoms with Crippen molar-refractivity contribution in [1.29, 1.82) is 0 Å². The molecule has 2 nitrogen and oxygen atoms in total. The summed E-state index contributed by atoms with van der Waals surface area (Å²) in [6.45, 7) is 3.77. The number of hydrogen-bond acceptors (Lipinski definition) is 2. The average Bonchev–Trinajstić information content (AvgIpc) is 2.28. The van der Waals surface area contributed by atoms with Gasteiger partial charge in [0.2, 0.25) is 0 Å². The number of rotatable bonds is 6. The third-order valence-electron chi connectivity index (χ3n) is 2.39. The topological polar surface area (TPSA) is 21.3 Å². The third kappa shape index (κ3) is 4.83. The molecule has 16 heavy (non-hydrogen) atoms. The van der Waals surface area contributed by atoms with Crippen LogP contribution in [0.1, 0.15) is 18.9 Å². The van der Waals surface area contributed by atoms with Crippen molar-refractivity contribution < 1.29 is 4.74 Å². The monoisotopic (exact) mass is 305 g/mol. The molecule has 0 aliphatic heterocycles. The lowest BCUT2D eigenvalue weighted by Gasteiger charge is -2.13. The van der Waals surface area contributed by atoms with Gasteiger partial charge in [0.1, 0.15) is 0 Å². The molecule has 0 heterocycles. The van der Waals surface area contributed by atoms with E-state index < -0.39 is 0 Å². The van der Waals surface area contributed by atoms with Crippen LogP contribution < -0.4 is 5.32 Å². The fourth-order valence-corrected chi connectivity index (χ4v) is 1.79. The van der Waals surface area contributed by atoms with Gasteiger partial charge in [0, 0.05) is 30.8 Å². The average molecular weight is 307 g/mol. The number of halogens is 2. The first-order valence-electron chi connectivity index (χ1n) is 5.29. The minimum atomic E-state index is 0.447. The van der Waals surface area contributed by atoms with Crippen LogP contribution in [0.15, 0.2) is 22.7 Å². The molecule has 0 aromatic heterocycles. The number of benzene rings is 1.